The van der Waals surface area contributed by atoms with Crippen molar-refractivity contribution in [2.24, 2.45) is 5.92 Å². The van der Waals surface area contributed by atoms with Crippen molar-refractivity contribution in [3.8, 4) is 0 Å². The molecule has 16 heavy (non-hydrogen) atoms. The minimum absolute atomic E-state index is 0.606. The first-order valence-corrected chi connectivity index (χ1v) is 5.75. The van der Waals surface area contributed by atoms with Gasteiger partial charge in [0.2, 0.25) is 0 Å². The minimum Gasteiger partial charge on any atom is -0.385 e. The summed E-state index contributed by atoms with van der Waals surface area (Å²) in [4.78, 5) is 4.32. The summed E-state index contributed by atoms with van der Waals surface area (Å²) in [6.45, 7) is 2.17. The highest BCUT2D eigenvalue weighted by molar-refractivity contribution is 5.79. The average molecular weight is 213 g/mol. The molecule has 0 saturated heterocycles. The van der Waals surface area contributed by atoms with Crippen LogP contribution >= 0.6 is 0 Å². The first-order valence-electron chi connectivity index (χ1n) is 5.75. The fraction of sp³-hybridized carbons (Fsp3) is 0.357. The van der Waals surface area contributed by atoms with Crippen LogP contribution in [0.1, 0.15) is 25.3 Å². The highest BCUT2D eigenvalue weighted by atomic mass is 16.3. The van der Waals surface area contributed by atoms with Crippen LogP contribution in [-0.2, 0) is 5.60 Å². The van der Waals surface area contributed by atoms with Gasteiger partial charge in [0, 0.05) is 11.6 Å². The third kappa shape index (κ3) is 1.41. The molecular weight excluding hydrogens is 198 g/mol. The standard InChI is InChI=1S/C14H15NO/c1-10-8-14(16,9-10)12-5-4-11-3-2-6-15-13(11)7-12/h2-7,10,16H,8-9H2,1H3. The molecule has 0 radical (unpaired) electrons. The average Bonchev–Trinajstić information content (AvgIpc) is 2.26. The zero-order valence-corrected chi connectivity index (χ0v) is 9.35. The van der Waals surface area contributed by atoms with Crippen molar-refractivity contribution in [1.82, 2.24) is 4.98 Å². The van der Waals surface area contributed by atoms with Crippen LogP contribution in [0.25, 0.3) is 10.9 Å². The lowest BCUT2D eigenvalue weighted by molar-refractivity contribution is -0.0737. The minimum atomic E-state index is -0.606. The molecule has 1 aromatic heterocycles. The first-order chi connectivity index (χ1) is 7.67. The van der Waals surface area contributed by atoms with Crippen molar-refractivity contribution in [3.05, 3.63) is 42.1 Å². The topological polar surface area (TPSA) is 33.1 Å². The monoisotopic (exact) mass is 213 g/mol. The van der Waals surface area contributed by atoms with Crippen LogP contribution in [0.15, 0.2) is 36.5 Å². The second kappa shape index (κ2) is 3.29. The predicted octanol–water partition coefficient (Wildman–Crippen LogP) is 2.85. The van der Waals surface area contributed by atoms with E-state index in [1.165, 1.54) is 0 Å². The number of pyridine rings is 1. The van der Waals surface area contributed by atoms with Crippen LogP contribution in [0.4, 0.5) is 0 Å². The SMILES string of the molecule is CC1CC(O)(c2ccc3cccnc3c2)C1. The zero-order chi connectivity index (χ0) is 11.2. The van der Waals surface area contributed by atoms with Crippen molar-refractivity contribution in [1.29, 1.82) is 0 Å². The lowest BCUT2D eigenvalue weighted by Gasteiger charge is -2.42. The smallest absolute Gasteiger partial charge is 0.0902 e. The van der Waals surface area contributed by atoms with Crippen molar-refractivity contribution < 1.29 is 5.11 Å². The molecular formula is C14H15NO. The summed E-state index contributed by atoms with van der Waals surface area (Å²) >= 11 is 0. The normalized spacial score (nSPS) is 29.0. The third-order valence-corrected chi connectivity index (χ3v) is 3.52. The number of fused-ring (bicyclic) bond motifs is 1. The molecule has 1 fully saturated rings. The highest BCUT2D eigenvalue weighted by Gasteiger charge is 2.41. The van der Waals surface area contributed by atoms with Gasteiger partial charge in [-0.15, -0.1) is 0 Å². The molecule has 1 aliphatic rings. The molecule has 0 spiro atoms. The lowest BCUT2D eigenvalue weighted by Crippen LogP contribution is -2.39. The van der Waals surface area contributed by atoms with Crippen LogP contribution in [0.2, 0.25) is 0 Å². The van der Waals surface area contributed by atoms with Gasteiger partial charge in [0.15, 0.2) is 0 Å². The summed E-state index contributed by atoms with van der Waals surface area (Å²) in [7, 11) is 0. The van der Waals surface area contributed by atoms with Gasteiger partial charge in [0.25, 0.3) is 0 Å². The Morgan fingerprint density at radius 2 is 2.12 bits per heavy atom. The molecule has 0 bridgehead atoms. The van der Waals surface area contributed by atoms with E-state index >= 15 is 0 Å². The van der Waals surface area contributed by atoms with E-state index in [2.05, 4.69) is 11.9 Å². The maximum Gasteiger partial charge on any atom is 0.0902 e. The van der Waals surface area contributed by atoms with Crippen molar-refractivity contribution in [2.75, 3.05) is 0 Å². The predicted molar refractivity (Wildman–Crippen MR) is 64.0 cm³/mol. The van der Waals surface area contributed by atoms with Gasteiger partial charge in [-0.3, -0.25) is 4.98 Å². The first kappa shape index (κ1) is 9.79. The Hall–Kier alpha value is -1.41. The van der Waals surface area contributed by atoms with Crippen LogP contribution in [0, 0.1) is 5.92 Å². The molecule has 1 saturated carbocycles. The van der Waals surface area contributed by atoms with Crippen molar-refractivity contribution in [2.45, 2.75) is 25.4 Å². The quantitative estimate of drug-likeness (QED) is 0.790. The van der Waals surface area contributed by atoms with Crippen LogP contribution in [0.3, 0.4) is 0 Å². The Bertz CT molecular complexity index is 529. The van der Waals surface area contributed by atoms with Gasteiger partial charge in [-0.05, 0) is 36.5 Å². The van der Waals surface area contributed by atoms with E-state index in [1.54, 1.807) is 6.20 Å². The van der Waals surface area contributed by atoms with E-state index < -0.39 is 5.60 Å². The largest absolute Gasteiger partial charge is 0.385 e. The van der Waals surface area contributed by atoms with Crippen LogP contribution in [-0.4, -0.2) is 10.1 Å². The molecule has 0 atom stereocenters. The summed E-state index contributed by atoms with van der Waals surface area (Å²) in [5.41, 5.74) is 1.37. The van der Waals surface area contributed by atoms with Crippen molar-refractivity contribution in [3.63, 3.8) is 0 Å². The number of nitrogens with zero attached hydrogens (tertiary/aromatic N) is 1. The van der Waals surface area contributed by atoms with E-state index in [4.69, 9.17) is 0 Å². The number of aromatic nitrogens is 1. The molecule has 2 aromatic rings. The van der Waals surface area contributed by atoms with Gasteiger partial charge in [0.05, 0.1) is 11.1 Å². The van der Waals surface area contributed by atoms with E-state index in [9.17, 15) is 5.11 Å². The van der Waals surface area contributed by atoms with Crippen LogP contribution < -0.4 is 0 Å². The molecule has 1 heterocycles. The Morgan fingerprint density at radius 3 is 2.88 bits per heavy atom. The summed E-state index contributed by atoms with van der Waals surface area (Å²) in [6, 6.07) is 10.1. The van der Waals surface area contributed by atoms with E-state index in [-0.39, 0.29) is 0 Å². The number of hydrogen-bond acceptors (Lipinski definition) is 2. The molecule has 1 N–H and O–H groups in total. The number of benzene rings is 1. The number of rotatable bonds is 1. The van der Waals surface area contributed by atoms with Gasteiger partial charge in [-0.2, -0.15) is 0 Å². The number of aliphatic hydroxyl groups is 1. The molecule has 0 unspecified atom stereocenters. The molecule has 1 aliphatic carbocycles. The molecule has 0 aliphatic heterocycles. The fourth-order valence-electron chi connectivity index (χ4n) is 2.68. The molecule has 3 rings (SSSR count). The van der Waals surface area contributed by atoms with Gasteiger partial charge < -0.3 is 5.11 Å². The van der Waals surface area contributed by atoms with Gasteiger partial charge in [-0.25, -0.2) is 0 Å². The molecule has 0 amide bonds. The summed E-state index contributed by atoms with van der Waals surface area (Å²) in [5.74, 6) is 0.629. The molecule has 2 heteroatoms. The maximum absolute atomic E-state index is 10.4. The number of hydrogen-bond donors (Lipinski definition) is 1. The van der Waals surface area contributed by atoms with E-state index in [1.807, 2.05) is 30.3 Å². The summed E-state index contributed by atoms with van der Waals surface area (Å²) in [6.07, 6.45) is 3.52. The summed E-state index contributed by atoms with van der Waals surface area (Å²) in [5, 5.41) is 11.5. The zero-order valence-electron chi connectivity index (χ0n) is 9.35. The Morgan fingerprint density at radius 1 is 1.31 bits per heavy atom. The fourth-order valence-corrected chi connectivity index (χ4v) is 2.68. The second-order valence-corrected chi connectivity index (χ2v) is 4.96. The van der Waals surface area contributed by atoms with Gasteiger partial charge in [-0.1, -0.05) is 25.1 Å². The van der Waals surface area contributed by atoms with Gasteiger partial charge >= 0.3 is 0 Å². The van der Waals surface area contributed by atoms with Crippen molar-refractivity contribution >= 4 is 10.9 Å². The summed E-state index contributed by atoms with van der Waals surface area (Å²) < 4.78 is 0. The lowest BCUT2D eigenvalue weighted by atomic mass is 9.68. The van der Waals surface area contributed by atoms with Gasteiger partial charge in [0.1, 0.15) is 0 Å². The Labute approximate surface area is 94.9 Å². The van der Waals surface area contributed by atoms with E-state index in [0.717, 1.165) is 29.3 Å². The Balaban J connectivity index is 2.06. The highest BCUT2D eigenvalue weighted by Crippen LogP contribution is 2.45. The third-order valence-electron chi connectivity index (χ3n) is 3.52. The second-order valence-electron chi connectivity index (χ2n) is 4.96. The van der Waals surface area contributed by atoms with Crippen LogP contribution in [0.5, 0.6) is 0 Å². The maximum atomic E-state index is 10.4. The Kier molecular flexibility index (Phi) is 2.01. The molecule has 1 aromatic carbocycles. The molecule has 82 valence electrons. The molecule has 2 nitrogen and oxygen atoms in total. The van der Waals surface area contributed by atoms with E-state index in [0.29, 0.717) is 5.92 Å².